The van der Waals surface area contributed by atoms with Gasteiger partial charge < -0.3 is 5.11 Å². The monoisotopic (exact) mass is 318 g/mol. The van der Waals surface area contributed by atoms with Crippen LogP contribution in [-0.4, -0.2) is 26.8 Å². The standard InChI is InChI=1S/C16H18N2O3S/c19-14(5-2-6-15(20)21)4-1-3-13-11-22-16(18-13)12-7-9-17-10-8-12/h7-11H,1-6H2,(H,20,21). The molecule has 0 unspecified atom stereocenters. The average molecular weight is 318 g/mol. The van der Waals surface area contributed by atoms with Crippen LogP contribution in [0, 0.1) is 0 Å². The van der Waals surface area contributed by atoms with Crippen molar-refractivity contribution in [3.05, 3.63) is 35.6 Å². The van der Waals surface area contributed by atoms with Crippen LogP contribution in [0.15, 0.2) is 29.9 Å². The van der Waals surface area contributed by atoms with Gasteiger partial charge in [-0.2, -0.15) is 0 Å². The first-order valence-corrected chi connectivity index (χ1v) is 8.11. The van der Waals surface area contributed by atoms with Crippen molar-refractivity contribution in [2.24, 2.45) is 0 Å². The minimum Gasteiger partial charge on any atom is -0.481 e. The van der Waals surface area contributed by atoms with Gasteiger partial charge in [0.25, 0.3) is 0 Å². The minimum absolute atomic E-state index is 0.0626. The zero-order valence-corrected chi connectivity index (χ0v) is 13.0. The fourth-order valence-corrected chi connectivity index (χ4v) is 2.94. The van der Waals surface area contributed by atoms with E-state index < -0.39 is 5.97 Å². The summed E-state index contributed by atoms with van der Waals surface area (Å²) in [6.45, 7) is 0. The number of ketones is 1. The van der Waals surface area contributed by atoms with E-state index in [1.807, 2.05) is 17.5 Å². The molecule has 0 saturated heterocycles. The lowest BCUT2D eigenvalue weighted by atomic mass is 10.1. The van der Waals surface area contributed by atoms with Crippen LogP contribution in [0.4, 0.5) is 0 Å². The maximum absolute atomic E-state index is 11.6. The molecule has 5 nitrogen and oxygen atoms in total. The van der Waals surface area contributed by atoms with Crippen LogP contribution < -0.4 is 0 Å². The maximum Gasteiger partial charge on any atom is 0.303 e. The number of aromatic nitrogens is 2. The second kappa shape index (κ2) is 8.38. The Morgan fingerprint density at radius 2 is 1.82 bits per heavy atom. The van der Waals surface area contributed by atoms with E-state index in [1.165, 1.54) is 0 Å². The van der Waals surface area contributed by atoms with Gasteiger partial charge in [0.15, 0.2) is 0 Å². The third kappa shape index (κ3) is 5.37. The minimum atomic E-state index is -0.848. The van der Waals surface area contributed by atoms with Crippen LogP contribution in [0.2, 0.25) is 0 Å². The Morgan fingerprint density at radius 3 is 2.55 bits per heavy atom. The van der Waals surface area contributed by atoms with Crippen molar-refractivity contribution in [2.75, 3.05) is 0 Å². The lowest BCUT2D eigenvalue weighted by Crippen LogP contribution is -2.01. The van der Waals surface area contributed by atoms with E-state index in [9.17, 15) is 9.59 Å². The number of hydrogen-bond acceptors (Lipinski definition) is 5. The van der Waals surface area contributed by atoms with Crippen molar-refractivity contribution in [3.63, 3.8) is 0 Å². The number of hydrogen-bond donors (Lipinski definition) is 1. The smallest absolute Gasteiger partial charge is 0.303 e. The molecule has 116 valence electrons. The van der Waals surface area contributed by atoms with Gasteiger partial charge >= 0.3 is 5.97 Å². The largest absolute Gasteiger partial charge is 0.481 e. The number of aliphatic carboxylic acids is 1. The summed E-state index contributed by atoms with van der Waals surface area (Å²) in [6, 6.07) is 3.85. The number of carboxylic acid groups (broad SMARTS) is 1. The van der Waals surface area contributed by atoms with Gasteiger partial charge in [0, 0.05) is 42.6 Å². The van der Waals surface area contributed by atoms with E-state index in [1.54, 1.807) is 23.7 Å². The molecule has 2 heterocycles. The van der Waals surface area contributed by atoms with E-state index >= 15 is 0 Å². The molecule has 2 aromatic heterocycles. The first kappa shape index (κ1) is 16.3. The molecule has 2 aromatic rings. The van der Waals surface area contributed by atoms with Crippen LogP contribution in [0.3, 0.4) is 0 Å². The Kier molecular flexibility index (Phi) is 6.21. The predicted molar refractivity (Wildman–Crippen MR) is 84.8 cm³/mol. The number of Topliss-reactive ketones (excluding diaryl/α,β-unsaturated/α-hetero) is 1. The molecule has 0 amide bonds. The van der Waals surface area contributed by atoms with Gasteiger partial charge in [0.05, 0.1) is 5.69 Å². The zero-order valence-electron chi connectivity index (χ0n) is 12.2. The molecule has 0 aliphatic heterocycles. The van der Waals surface area contributed by atoms with Crippen molar-refractivity contribution < 1.29 is 14.7 Å². The molecule has 0 radical (unpaired) electrons. The van der Waals surface area contributed by atoms with Crippen molar-refractivity contribution in [1.82, 2.24) is 9.97 Å². The maximum atomic E-state index is 11.6. The summed E-state index contributed by atoms with van der Waals surface area (Å²) in [7, 11) is 0. The summed E-state index contributed by atoms with van der Waals surface area (Å²) in [6.07, 6.45) is 6.34. The van der Waals surface area contributed by atoms with Gasteiger partial charge in [-0.15, -0.1) is 11.3 Å². The first-order valence-electron chi connectivity index (χ1n) is 7.23. The van der Waals surface area contributed by atoms with Gasteiger partial charge in [0.1, 0.15) is 10.8 Å². The number of nitrogens with zero attached hydrogens (tertiary/aromatic N) is 2. The highest BCUT2D eigenvalue weighted by molar-refractivity contribution is 7.13. The summed E-state index contributed by atoms with van der Waals surface area (Å²) >= 11 is 1.59. The molecule has 0 aliphatic carbocycles. The molecule has 2 rings (SSSR count). The van der Waals surface area contributed by atoms with E-state index in [0.717, 1.165) is 29.1 Å². The highest BCUT2D eigenvalue weighted by Gasteiger charge is 2.07. The molecule has 0 atom stereocenters. The molecule has 22 heavy (non-hydrogen) atoms. The van der Waals surface area contributed by atoms with Crippen LogP contribution in [0.25, 0.3) is 10.6 Å². The van der Waals surface area contributed by atoms with E-state index in [2.05, 4.69) is 9.97 Å². The van der Waals surface area contributed by atoms with Gasteiger partial charge in [0.2, 0.25) is 0 Å². The van der Waals surface area contributed by atoms with Crippen LogP contribution >= 0.6 is 11.3 Å². The number of aryl methyl sites for hydroxylation is 1. The van der Waals surface area contributed by atoms with Gasteiger partial charge in [-0.3, -0.25) is 14.6 Å². The second-order valence-electron chi connectivity index (χ2n) is 5.02. The molecule has 6 heteroatoms. The number of rotatable bonds is 9. The summed E-state index contributed by atoms with van der Waals surface area (Å²) in [5, 5.41) is 11.5. The number of carbonyl (C=O) groups excluding carboxylic acids is 1. The van der Waals surface area contributed by atoms with Crippen LogP contribution in [0.1, 0.15) is 37.8 Å². The van der Waals surface area contributed by atoms with Crippen LogP contribution in [-0.2, 0) is 16.0 Å². The Hall–Kier alpha value is -2.08. The summed E-state index contributed by atoms with van der Waals surface area (Å²) in [5.41, 5.74) is 2.05. The highest BCUT2D eigenvalue weighted by atomic mass is 32.1. The van der Waals surface area contributed by atoms with E-state index in [-0.39, 0.29) is 12.2 Å². The Bertz CT molecular complexity index is 625. The molecule has 1 N–H and O–H groups in total. The second-order valence-corrected chi connectivity index (χ2v) is 5.88. The fraction of sp³-hybridized carbons (Fsp3) is 0.375. The predicted octanol–water partition coefficient (Wildman–Crippen LogP) is 3.35. The fourth-order valence-electron chi connectivity index (χ4n) is 2.08. The number of thiazole rings is 1. The van der Waals surface area contributed by atoms with Gasteiger partial charge in [-0.05, 0) is 31.4 Å². The first-order chi connectivity index (χ1) is 10.6. The Morgan fingerprint density at radius 1 is 1.09 bits per heavy atom. The molecule has 0 fully saturated rings. The Balaban J connectivity index is 1.73. The molecule has 0 bridgehead atoms. The zero-order chi connectivity index (χ0) is 15.8. The Labute approximate surface area is 133 Å². The number of pyridine rings is 1. The van der Waals surface area contributed by atoms with Crippen molar-refractivity contribution in [3.8, 4) is 10.6 Å². The van der Waals surface area contributed by atoms with E-state index in [4.69, 9.17) is 5.11 Å². The van der Waals surface area contributed by atoms with Gasteiger partial charge in [-0.1, -0.05) is 0 Å². The van der Waals surface area contributed by atoms with Crippen molar-refractivity contribution in [1.29, 1.82) is 0 Å². The third-order valence-electron chi connectivity index (χ3n) is 3.21. The third-order valence-corrected chi connectivity index (χ3v) is 4.15. The molecule has 0 aromatic carbocycles. The van der Waals surface area contributed by atoms with Crippen molar-refractivity contribution >= 4 is 23.1 Å². The van der Waals surface area contributed by atoms with Gasteiger partial charge in [-0.25, -0.2) is 4.98 Å². The van der Waals surface area contributed by atoms with Crippen LogP contribution in [0.5, 0.6) is 0 Å². The topological polar surface area (TPSA) is 80.1 Å². The summed E-state index contributed by atoms with van der Waals surface area (Å²) in [5.74, 6) is -0.718. The summed E-state index contributed by atoms with van der Waals surface area (Å²) < 4.78 is 0. The molecular weight excluding hydrogens is 300 g/mol. The van der Waals surface area contributed by atoms with Crippen molar-refractivity contribution in [2.45, 2.75) is 38.5 Å². The number of carbonyl (C=O) groups is 2. The molecule has 0 spiro atoms. The quantitative estimate of drug-likeness (QED) is 0.767. The molecular formula is C16H18N2O3S. The SMILES string of the molecule is O=C(O)CCCC(=O)CCCc1csc(-c2ccncc2)n1. The lowest BCUT2D eigenvalue weighted by molar-refractivity contribution is -0.137. The number of carboxylic acids is 1. The normalized spacial score (nSPS) is 10.5. The molecule has 0 saturated carbocycles. The van der Waals surface area contributed by atoms with E-state index in [0.29, 0.717) is 19.3 Å². The lowest BCUT2D eigenvalue weighted by Gasteiger charge is -1.99. The highest BCUT2D eigenvalue weighted by Crippen LogP contribution is 2.23. The molecule has 0 aliphatic rings. The average Bonchev–Trinajstić information content (AvgIpc) is 2.97. The summed E-state index contributed by atoms with van der Waals surface area (Å²) in [4.78, 5) is 30.5.